The van der Waals surface area contributed by atoms with Crippen molar-refractivity contribution in [3.05, 3.63) is 46.9 Å². The quantitative estimate of drug-likeness (QED) is 0.600. The van der Waals surface area contributed by atoms with Crippen molar-refractivity contribution < 1.29 is 4.42 Å². The van der Waals surface area contributed by atoms with Gasteiger partial charge in [0.1, 0.15) is 11.2 Å². The topological polar surface area (TPSA) is 106 Å². The first-order valence-electron chi connectivity index (χ1n) is 9.71. The van der Waals surface area contributed by atoms with Crippen LogP contribution in [-0.2, 0) is 0 Å². The Bertz CT molecular complexity index is 1150. The van der Waals surface area contributed by atoms with E-state index in [4.69, 9.17) is 25.9 Å². The maximum atomic E-state index is 6.33. The smallest absolute Gasteiger partial charge is 0.228 e. The van der Waals surface area contributed by atoms with E-state index in [1.54, 1.807) is 0 Å². The minimum Gasteiger partial charge on any atom is -0.436 e. The van der Waals surface area contributed by atoms with E-state index in [2.05, 4.69) is 20.9 Å². The molecule has 0 bridgehead atoms. The van der Waals surface area contributed by atoms with E-state index in [0.29, 0.717) is 17.4 Å². The maximum absolute atomic E-state index is 6.33. The van der Waals surface area contributed by atoms with Crippen LogP contribution in [0, 0.1) is 0 Å². The predicted octanol–water partition coefficient (Wildman–Crippen LogP) is 4.37. The third-order valence-corrected chi connectivity index (χ3v) is 6.28. The van der Waals surface area contributed by atoms with Crippen molar-refractivity contribution in [2.75, 3.05) is 4.90 Å². The van der Waals surface area contributed by atoms with Crippen LogP contribution in [0.2, 0.25) is 0 Å². The molecule has 1 aliphatic heterocycles. The van der Waals surface area contributed by atoms with Crippen LogP contribution in [0.15, 0.2) is 61.3 Å². The number of hydrogen-bond donors (Lipinski definition) is 2. The van der Waals surface area contributed by atoms with Crippen LogP contribution in [0.25, 0.3) is 22.6 Å². The Labute approximate surface area is 176 Å². The summed E-state index contributed by atoms with van der Waals surface area (Å²) in [4.78, 5) is 15.7. The van der Waals surface area contributed by atoms with Gasteiger partial charge in [-0.25, -0.2) is 9.98 Å². The number of halogens is 1. The fraction of sp³-hybridized carbons (Fsp3) is 0.286. The normalized spacial score (nSPS) is 18.7. The molecule has 7 nitrogen and oxygen atoms in total. The molecule has 2 aliphatic rings. The highest BCUT2D eigenvalue weighted by Crippen LogP contribution is 2.40. The highest BCUT2D eigenvalue weighted by Gasteiger charge is 2.42. The van der Waals surface area contributed by atoms with Crippen LogP contribution in [0.3, 0.4) is 0 Å². The lowest BCUT2D eigenvalue weighted by molar-refractivity contribution is 0.305. The number of rotatable bonds is 2. The van der Waals surface area contributed by atoms with Gasteiger partial charge in [-0.1, -0.05) is 18.6 Å². The molecule has 8 heteroatoms. The number of nitrogens with two attached hydrogens (primary N) is 2. The highest BCUT2D eigenvalue weighted by molar-refractivity contribution is 9.10. The summed E-state index contributed by atoms with van der Waals surface area (Å²) in [5.41, 5.74) is 15.1. The Morgan fingerprint density at radius 1 is 1.03 bits per heavy atom. The Balaban J connectivity index is 1.59. The van der Waals surface area contributed by atoms with Gasteiger partial charge in [0, 0.05) is 10.2 Å². The first kappa shape index (κ1) is 18.2. The van der Waals surface area contributed by atoms with Gasteiger partial charge in [0.05, 0.1) is 5.56 Å². The Morgan fingerprint density at radius 2 is 1.83 bits per heavy atom. The molecule has 148 valence electrons. The van der Waals surface area contributed by atoms with E-state index < -0.39 is 5.66 Å². The molecule has 4 N–H and O–H groups in total. The number of oxazole rings is 1. The van der Waals surface area contributed by atoms with Gasteiger partial charge in [-0.15, -0.1) is 0 Å². The molecule has 1 aliphatic carbocycles. The highest BCUT2D eigenvalue weighted by atomic mass is 79.9. The first-order chi connectivity index (χ1) is 14.1. The summed E-state index contributed by atoms with van der Waals surface area (Å²) < 4.78 is 6.92. The third-order valence-electron chi connectivity index (χ3n) is 5.59. The number of nitrogens with zero attached hydrogens (tertiary/aromatic N) is 4. The van der Waals surface area contributed by atoms with Crippen molar-refractivity contribution in [3.8, 4) is 11.5 Å². The van der Waals surface area contributed by atoms with Gasteiger partial charge in [-0.05, 0) is 71.9 Å². The summed E-state index contributed by atoms with van der Waals surface area (Å²) >= 11 is 3.56. The summed E-state index contributed by atoms with van der Waals surface area (Å²) in [6, 6.07) is 13.7. The average Bonchev–Trinajstić information content (AvgIpc) is 3.11. The van der Waals surface area contributed by atoms with Crippen molar-refractivity contribution in [1.29, 1.82) is 0 Å². The largest absolute Gasteiger partial charge is 0.436 e. The van der Waals surface area contributed by atoms with E-state index >= 15 is 0 Å². The minimum atomic E-state index is -0.475. The number of guanidine groups is 2. The maximum Gasteiger partial charge on any atom is 0.228 e. The van der Waals surface area contributed by atoms with Crippen LogP contribution in [0.5, 0.6) is 0 Å². The molecule has 0 radical (unpaired) electrons. The van der Waals surface area contributed by atoms with Crippen molar-refractivity contribution >= 4 is 44.6 Å². The molecule has 2 heterocycles. The molecule has 1 spiro atoms. The van der Waals surface area contributed by atoms with Gasteiger partial charge < -0.3 is 15.9 Å². The van der Waals surface area contributed by atoms with E-state index in [0.717, 1.165) is 46.9 Å². The molecular weight excluding hydrogens is 432 g/mol. The number of fused-ring (bicyclic) bond motifs is 1. The number of aliphatic imine (C=N–C) groups is 2. The predicted molar refractivity (Wildman–Crippen MR) is 119 cm³/mol. The van der Waals surface area contributed by atoms with Crippen LogP contribution in [0.4, 0.5) is 5.69 Å². The van der Waals surface area contributed by atoms with Crippen LogP contribution in [-0.4, -0.2) is 22.6 Å². The van der Waals surface area contributed by atoms with E-state index in [1.807, 2.05) is 47.4 Å². The van der Waals surface area contributed by atoms with Crippen LogP contribution in [0.1, 0.15) is 32.1 Å². The second kappa shape index (κ2) is 6.88. The van der Waals surface area contributed by atoms with Crippen molar-refractivity contribution in [2.45, 2.75) is 37.8 Å². The molecule has 0 unspecified atom stereocenters. The summed E-state index contributed by atoms with van der Waals surface area (Å²) in [6.07, 6.45) is 5.14. The lowest BCUT2D eigenvalue weighted by Crippen LogP contribution is -2.58. The molecule has 1 fully saturated rings. The zero-order chi connectivity index (χ0) is 20.0. The molecule has 0 saturated heterocycles. The summed E-state index contributed by atoms with van der Waals surface area (Å²) in [5.74, 6) is 1.19. The van der Waals surface area contributed by atoms with Crippen molar-refractivity contribution in [1.82, 2.24) is 4.98 Å². The van der Waals surface area contributed by atoms with Gasteiger partial charge in [0.2, 0.25) is 17.8 Å². The van der Waals surface area contributed by atoms with Crippen LogP contribution < -0.4 is 16.4 Å². The number of hydrogen-bond acceptors (Lipinski definition) is 7. The van der Waals surface area contributed by atoms with Crippen molar-refractivity contribution in [2.24, 2.45) is 21.5 Å². The van der Waals surface area contributed by atoms with Gasteiger partial charge in [0.25, 0.3) is 0 Å². The fourth-order valence-electron chi connectivity index (χ4n) is 4.30. The SMILES string of the molecule is NC1=NC2(CCCCC2)N(c2ccc3oc(-c4ccccc4Br)nc3c2)C(N)=N1. The van der Waals surface area contributed by atoms with E-state index in [-0.39, 0.29) is 5.96 Å². The fourth-order valence-corrected chi connectivity index (χ4v) is 4.75. The van der Waals surface area contributed by atoms with E-state index in [9.17, 15) is 0 Å². The van der Waals surface area contributed by atoms with Gasteiger partial charge in [-0.2, -0.15) is 4.99 Å². The standard InChI is InChI=1S/C21H21BrN6O/c22-15-7-3-2-6-14(15)18-25-16-12-13(8-9-17(16)29-18)28-20(24)26-19(23)27-21(28)10-4-1-5-11-21/h2-3,6-9,12H,1,4-5,10-11H2,(H4,23,24,26,27). The second-order valence-electron chi connectivity index (χ2n) is 7.47. The van der Waals surface area contributed by atoms with E-state index in [1.165, 1.54) is 6.42 Å². The lowest BCUT2D eigenvalue weighted by Gasteiger charge is -2.45. The van der Waals surface area contributed by atoms with Gasteiger partial charge >= 0.3 is 0 Å². The molecule has 1 aromatic heterocycles. The number of aromatic nitrogens is 1. The summed E-state index contributed by atoms with van der Waals surface area (Å²) in [7, 11) is 0. The Kier molecular flexibility index (Phi) is 4.31. The first-order valence-corrected chi connectivity index (χ1v) is 10.5. The second-order valence-corrected chi connectivity index (χ2v) is 8.32. The average molecular weight is 453 g/mol. The monoisotopic (exact) mass is 452 g/mol. The molecule has 0 atom stereocenters. The molecule has 0 amide bonds. The number of benzene rings is 2. The molecule has 1 saturated carbocycles. The van der Waals surface area contributed by atoms with Gasteiger partial charge in [0.15, 0.2) is 5.58 Å². The molecular formula is C21H21BrN6O. The zero-order valence-electron chi connectivity index (χ0n) is 15.8. The minimum absolute atomic E-state index is 0.249. The molecule has 29 heavy (non-hydrogen) atoms. The lowest BCUT2D eigenvalue weighted by atomic mass is 9.87. The van der Waals surface area contributed by atoms with Gasteiger partial charge in [-0.3, -0.25) is 4.90 Å². The van der Waals surface area contributed by atoms with Crippen LogP contribution >= 0.6 is 15.9 Å². The Hall–Kier alpha value is -2.87. The Morgan fingerprint density at radius 3 is 2.62 bits per heavy atom. The summed E-state index contributed by atoms with van der Waals surface area (Å²) in [5, 5.41) is 0. The number of anilines is 1. The molecule has 5 rings (SSSR count). The third kappa shape index (κ3) is 3.07. The summed E-state index contributed by atoms with van der Waals surface area (Å²) in [6.45, 7) is 0. The zero-order valence-corrected chi connectivity index (χ0v) is 17.4. The molecule has 2 aromatic carbocycles. The molecule has 3 aromatic rings. The van der Waals surface area contributed by atoms with Crippen molar-refractivity contribution in [3.63, 3.8) is 0 Å².